The summed E-state index contributed by atoms with van der Waals surface area (Å²) in [5, 5.41) is 14.9. The maximum absolute atomic E-state index is 12.8. The van der Waals surface area contributed by atoms with Gasteiger partial charge in [0.2, 0.25) is 5.95 Å². The quantitative estimate of drug-likeness (QED) is 0.642. The molecule has 3 rings (SSSR count). The number of hydrogen-bond donors (Lipinski definition) is 1. The summed E-state index contributed by atoms with van der Waals surface area (Å²) in [6, 6.07) is 7.62. The summed E-state index contributed by atoms with van der Waals surface area (Å²) >= 11 is 0. The van der Waals surface area contributed by atoms with Gasteiger partial charge in [-0.3, -0.25) is 0 Å². The van der Waals surface area contributed by atoms with Gasteiger partial charge in [-0.15, -0.1) is 0 Å². The molecule has 2 aromatic rings. The second-order valence-corrected chi connectivity index (χ2v) is 6.27. The molecule has 1 aromatic carbocycles. The maximum Gasteiger partial charge on any atom is 0.338 e. The van der Waals surface area contributed by atoms with E-state index in [1.54, 1.807) is 4.68 Å². The number of fused-ring (bicyclic) bond motifs is 1. The Labute approximate surface area is 147 Å². The molecule has 0 aliphatic carbocycles. The Morgan fingerprint density at radius 2 is 2.00 bits per heavy atom. The number of unbranched alkanes of at least 4 members (excludes halogenated alkanes) is 2. The number of esters is 1. The Morgan fingerprint density at radius 1 is 1.24 bits per heavy atom. The van der Waals surface area contributed by atoms with E-state index in [-0.39, 0.29) is 5.97 Å². The van der Waals surface area contributed by atoms with Gasteiger partial charge in [0.25, 0.3) is 0 Å². The first-order chi connectivity index (χ1) is 12.1. The minimum absolute atomic E-state index is 0.326. The highest BCUT2D eigenvalue weighted by Crippen LogP contribution is 2.34. The van der Waals surface area contributed by atoms with Gasteiger partial charge in [0.15, 0.2) is 0 Å². The number of benzene rings is 1. The number of carbonyl (C=O) groups excluding carboxylic acids is 1. The zero-order chi connectivity index (χ0) is 17.8. The number of aromatic nitrogens is 4. The number of rotatable bonds is 6. The fraction of sp³-hybridized carbons (Fsp3) is 0.444. The second kappa shape index (κ2) is 7.46. The molecular weight excluding hydrogens is 318 g/mol. The number of tetrazole rings is 1. The van der Waals surface area contributed by atoms with Crippen LogP contribution < -0.4 is 5.32 Å². The third kappa shape index (κ3) is 3.55. The molecule has 0 amide bonds. The highest BCUT2D eigenvalue weighted by atomic mass is 16.5. The van der Waals surface area contributed by atoms with Gasteiger partial charge in [0.05, 0.1) is 12.2 Å². The lowest BCUT2D eigenvalue weighted by molar-refractivity contribution is -0.139. The number of aryl methyl sites for hydroxylation is 1. The Hall–Kier alpha value is -2.70. The lowest BCUT2D eigenvalue weighted by atomic mass is 9.95. The zero-order valence-electron chi connectivity index (χ0n) is 14.8. The van der Waals surface area contributed by atoms with Crippen molar-refractivity contribution in [1.29, 1.82) is 0 Å². The topological polar surface area (TPSA) is 81.9 Å². The third-order valence-electron chi connectivity index (χ3n) is 4.31. The van der Waals surface area contributed by atoms with Crippen molar-refractivity contribution in [1.82, 2.24) is 20.2 Å². The summed E-state index contributed by atoms with van der Waals surface area (Å²) in [4.78, 5) is 12.8. The number of allylic oxidation sites excluding steroid dienone is 1. The van der Waals surface area contributed by atoms with Crippen molar-refractivity contribution in [3.63, 3.8) is 0 Å². The van der Waals surface area contributed by atoms with Crippen LogP contribution in [0.5, 0.6) is 0 Å². The van der Waals surface area contributed by atoms with Crippen molar-refractivity contribution >= 4 is 11.9 Å². The smallest absolute Gasteiger partial charge is 0.338 e. The van der Waals surface area contributed by atoms with Gasteiger partial charge >= 0.3 is 5.97 Å². The summed E-state index contributed by atoms with van der Waals surface area (Å²) < 4.78 is 7.13. The average molecular weight is 341 g/mol. The Bertz CT molecular complexity index is 779. The molecule has 1 N–H and O–H groups in total. The van der Waals surface area contributed by atoms with E-state index in [1.165, 1.54) is 0 Å². The van der Waals surface area contributed by atoms with Gasteiger partial charge in [0.1, 0.15) is 6.04 Å². The normalized spacial score (nSPS) is 16.4. The molecule has 0 unspecified atom stereocenters. The molecule has 0 bridgehead atoms. The van der Waals surface area contributed by atoms with E-state index in [0.29, 0.717) is 23.8 Å². The molecule has 1 aliphatic heterocycles. The standard InChI is InChI=1S/C18H23N5O2/c1-4-5-6-11-25-17(24)15-13(3)19-18-20-21-22-23(18)16(15)14-9-7-12(2)8-10-14/h7-10,16H,4-6,11H2,1-3H3,(H,19,20,22)/t16-/m0/s1. The average Bonchev–Trinajstić information content (AvgIpc) is 3.06. The van der Waals surface area contributed by atoms with Crippen LogP contribution in [0.25, 0.3) is 0 Å². The van der Waals surface area contributed by atoms with E-state index in [2.05, 4.69) is 27.8 Å². The van der Waals surface area contributed by atoms with Gasteiger partial charge in [-0.1, -0.05) is 54.7 Å². The summed E-state index contributed by atoms with van der Waals surface area (Å²) in [5.41, 5.74) is 3.35. The van der Waals surface area contributed by atoms with Crippen molar-refractivity contribution in [2.45, 2.75) is 46.1 Å². The van der Waals surface area contributed by atoms with Crippen molar-refractivity contribution in [3.05, 3.63) is 46.7 Å². The molecule has 0 radical (unpaired) electrons. The fourth-order valence-electron chi connectivity index (χ4n) is 2.93. The van der Waals surface area contributed by atoms with Crippen LogP contribution in [0.4, 0.5) is 5.95 Å². The van der Waals surface area contributed by atoms with Crippen LogP contribution in [0, 0.1) is 6.92 Å². The van der Waals surface area contributed by atoms with E-state index >= 15 is 0 Å². The molecule has 0 fully saturated rings. The van der Waals surface area contributed by atoms with Gasteiger partial charge in [0, 0.05) is 5.70 Å². The predicted octanol–water partition coefficient (Wildman–Crippen LogP) is 3.00. The van der Waals surface area contributed by atoms with Gasteiger partial charge in [-0.05, 0) is 36.3 Å². The van der Waals surface area contributed by atoms with Crippen LogP contribution in [-0.2, 0) is 9.53 Å². The van der Waals surface area contributed by atoms with Crippen LogP contribution in [-0.4, -0.2) is 32.8 Å². The van der Waals surface area contributed by atoms with Gasteiger partial charge < -0.3 is 10.1 Å². The minimum atomic E-state index is -0.398. The molecule has 7 nitrogen and oxygen atoms in total. The van der Waals surface area contributed by atoms with Crippen molar-refractivity contribution in [2.75, 3.05) is 11.9 Å². The number of anilines is 1. The molecule has 25 heavy (non-hydrogen) atoms. The molecule has 0 saturated heterocycles. The van der Waals surface area contributed by atoms with Crippen LogP contribution in [0.1, 0.15) is 50.3 Å². The van der Waals surface area contributed by atoms with Gasteiger partial charge in [-0.25, -0.2) is 4.79 Å². The largest absolute Gasteiger partial charge is 0.462 e. The summed E-state index contributed by atoms with van der Waals surface area (Å²) in [6.07, 6.45) is 3.00. The monoisotopic (exact) mass is 341 g/mol. The number of hydrogen-bond acceptors (Lipinski definition) is 6. The van der Waals surface area contributed by atoms with Crippen molar-refractivity contribution < 1.29 is 9.53 Å². The van der Waals surface area contributed by atoms with Crippen LogP contribution in [0.2, 0.25) is 0 Å². The summed E-state index contributed by atoms with van der Waals surface area (Å²) in [6.45, 7) is 6.42. The van der Waals surface area contributed by atoms with Crippen LogP contribution in [0.3, 0.4) is 0 Å². The number of nitrogens with one attached hydrogen (secondary N) is 1. The fourth-order valence-corrected chi connectivity index (χ4v) is 2.93. The predicted molar refractivity (Wildman–Crippen MR) is 93.9 cm³/mol. The number of nitrogens with zero attached hydrogens (tertiary/aromatic N) is 4. The molecule has 1 atom stereocenters. The van der Waals surface area contributed by atoms with E-state index in [9.17, 15) is 4.79 Å². The number of ether oxygens (including phenoxy) is 1. The van der Waals surface area contributed by atoms with Crippen molar-refractivity contribution in [2.24, 2.45) is 0 Å². The Balaban J connectivity index is 1.92. The van der Waals surface area contributed by atoms with E-state index in [0.717, 1.165) is 30.4 Å². The first kappa shape index (κ1) is 17.1. The highest BCUT2D eigenvalue weighted by Gasteiger charge is 2.34. The number of carbonyl (C=O) groups is 1. The van der Waals surface area contributed by atoms with E-state index in [4.69, 9.17) is 4.74 Å². The first-order valence-corrected chi connectivity index (χ1v) is 8.61. The summed E-state index contributed by atoms with van der Waals surface area (Å²) in [7, 11) is 0. The molecule has 1 aliphatic rings. The molecule has 132 valence electrons. The molecular formula is C18H23N5O2. The Morgan fingerprint density at radius 3 is 2.72 bits per heavy atom. The lowest BCUT2D eigenvalue weighted by Crippen LogP contribution is -2.29. The van der Waals surface area contributed by atoms with Crippen LogP contribution >= 0.6 is 0 Å². The van der Waals surface area contributed by atoms with Crippen LogP contribution in [0.15, 0.2) is 35.5 Å². The second-order valence-electron chi connectivity index (χ2n) is 6.27. The molecule has 2 heterocycles. The molecule has 0 spiro atoms. The lowest BCUT2D eigenvalue weighted by Gasteiger charge is -2.27. The first-order valence-electron chi connectivity index (χ1n) is 8.61. The van der Waals surface area contributed by atoms with Gasteiger partial charge in [-0.2, -0.15) is 4.68 Å². The minimum Gasteiger partial charge on any atom is -0.462 e. The van der Waals surface area contributed by atoms with E-state index < -0.39 is 6.04 Å². The maximum atomic E-state index is 12.8. The molecule has 0 saturated carbocycles. The molecule has 7 heteroatoms. The molecule has 1 aromatic heterocycles. The zero-order valence-corrected chi connectivity index (χ0v) is 14.8. The third-order valence-corrected chi connectivity index (χ3v) is 4.31. The van der Waals surface area contributed by atoms with E-state index in [1.807, 2.05) is 38.1 Å². The summed E-state index contributed by atoms with van der Waals surface area (Å²) in [5.74, 6) is 0.193. The highest BCUT2D eigenvalue weighted by molar-refractivity contribution is 5.92. The Kier molecular flexibility index (Phi) is 5.11. The SMILES string of the molecule is CCCCCOC(=O)C1=C(C)Nc2nnnn2[C@H]1c1ccc(C)cc1. The van der Waals surface area contributed by atoms with Crippen molar-refractivity contribution in [3.8, 4) is 0 Å².